The Morgan fingerprint density at radius 3 is 3.24 bits per heavy atom. The van der Waals surface area contributed by atoms with Gasteiger partial charge in [0.25, 0.3) is 0 Å². The highest BCUT2D eigenvalue weighted by atomic mass is 15.3. The highest BCUT2D eigenvalue weighted by Gasteiger charge is 2.34. The SMILES string of the molecule is CC1CN2CCCCC2CN1CC1Cc2nc[nH]c2CN1. The molecule has 0 aromatic carbocycles. The molecule has 2 saturated heterocycles. The van der Waals surface area contributed by atoms with E-state index in [1.165, 1.54) is 50.3 Å². The largest absolute Gasteiger partial charge is 0.347 e. The summed E-state index contributed by atoms with van der Waals surface area (Å²) in [6.07, 6.45) is 7.11. The molecule has 0 saturated carbocycles. The van der Waals surface area contributed by atoms with Gasteiger partial charge in [0.2, 0.25) is 0 Å². The zero-order chi connectivity index (χ0) is 14.2. The summed E-state index contributed by atoms with van der Waals surface area (Å²) in [5, 5.41) is 3.67. The van der Waals surface area contributed by atoms with Gasteiger partial charge in [-0.3, -0.25) is 9.80 Å². The molecule has 0 spiro atoms. The number of hydrogen-bond acceptors (Lipinski definition) is 4. The minimum absolute atomic E-state index is 0.554. The molecule has 21 heavy (non-hydrogen) atoms. The van der Waals surface area contributed by atoms with Crippen molar-refractivity contribution < 1.29 is 0 Å². The van der Waals surface area contributed by atoms with E-state index in [1.807, 2.05) is 6.33 Å². The summed E-state index contributed by atoms with van der Waals surface area (Å²) in [7, 11) is 0. The smallest absolute Gasteiger partial charge is 0.0925 e. The first-order valence-corrected chi connectivity index (χ1v) is 8.52. The van der Waals surface area contributed by atoms with E-state index in [-0.39, 0.29) is 0 Å². The Labute approximate surface area is 127 Å². The number of fused-ring (bicyclic) bond motifs is 2. The minimum Gasteiger partial charge on any atom is -0.347 e. The van der Waals surface area contributed by atoms with Gasteiger partial charge < -0.3 is 10.3 Å². The molecule has 0 radical (unpaired) electrons. The number of nitrogens with one attached hydrogen (secondary N) is 2. The predicted octanol–water partition coefficient (Wildman–Crippen LogP) is 0.983. The van der Waals surface area contributed by atoms with E-state index in [0.717, 1.165) is 25.6 Å². The van der Waals surface area contributed by atoms with Crippen molar-refractivity contribution in [3.05, 3.63) is 17.7 Å². The molecule has 2 N–H and O–H groups in total. The van der Waals surface area contributed by atoms with Crippen molar-refractivity contribution in [3.8, 4) is 0 Å². The van der Waals surface area contributed by atoms with Gasteiger partial charge >= 0.3 is 0 Å². The van der Waals surface area contributed by atoms with Crippen LogP contribution in [0.3, 0.4) is 0 Å². The van der Waals surface area contributed by atoms with Gasteiger partial charge in [-0.15, -0.1) is 0 Å². The van der Waals surface area contributed by atoms with Crippen molar-refractivity contribution in [1.82, 2.24) is 25.1 Å². The first-order chi connectivity index (χ1) is 10.3. The average molecular weight is 289 g/mol. The second-order valence-electron chi connectivity index (χ2n) is 7.06. The zero-order valence-electron chi connectivity index (χ0n) is 13.0. The fraction of sp³-hybridized carbons (Fsp3) is 0.812. The van der Waals surface area contributed by atoms with Crippen molar-refractivity contribution in [2.24, 2.45) is 0 Å². The number of H-pyrrole nitrogens is 1. The average Bonchev–Trinajstić information content (AvgIpc) is 2.95. The van der Waals surface area contributed by atoms with Gasteiger partial charge in [0, 0.05) is 50.7 Å². The monoisotopic (exact) mass is 289 g/mol. The summed E-state index contributed by atoms with van der Waals surface area (Å²) in [6.45, 7) is 8.34. The lowest BCUT2D eigenvalue weighted by Gasteiger charge is -2.48. The summed E-state index contributed by atoms with van der Waals surface area (Å²) >= 11 is 0. The molecule has 1 aromatic heterocycles. The topological polar surface area (TPSA) is 47.2 Å². The van der Waals surface area contributed by atoms with Crippen LogP contribution in [0.5, 0.6) is 0 Å². The highest BCUT2D eigenvalue weighted by Crippen LogP contribution is 2.24. The molecule has 3 aliphatic heterocycles. The van der Waals surface area contributed by atoms with E-state index >= 15 is 0 Å². The van der Waals surface area contributed by atoms with Gasteiger partial charge in [0.05, 0.1) is 17.7 Å². The summed E-state index contributed by atoms with van der Waals surface area (Å²) in [6, 6.07) is 2.04. The number of imidazole rings is 1. The number of nitrogens with zero attached hydrogens (tertiary/aromatic N) is 3. The third-order valence-electron chi connectivity index (χ3n) is 5.59. The first-order valence-electron chi connectivity index (χ1n) is 8.52. The fourth-order valence-electron chi connectivity index (χ4n) is 4.31. The molecule has 4 rings (SSSR count). The fourth-order valence-corrected chi connectivity index (χ4v) is 4.31. The molecule has 116 valence electrons. The Kier molecular flexibility index (Phi) is 3.73. The van der Waals surface area contributed by atoms with Crippen LogP contribution in [0.25, 0.3) is 0 Å². The Balaban J connectivity index is 1.38. The molecule has 0 bridgehead atoms. The molecule has 4 heterocycles. The molecule has 1 aromatic rings. The number of piperidine rings is 1. The molecule has 0 aliphatic carbocycles. The Morgan fingerprint density at radius 2 is 2.29 bits per heavy atom. The van der Waals surface area contributed by atoms with Gasteiger partial charge in [-0.1, -0.05) is 6.42 Å². The van der Waals surface area contributed by atoms with Crippen molar-refractivity contribution in [2.45, 2.75) is 57.3 Å². The van der Waals surface area contributed by atoms with Crippen molar-refractivity contribution >= 4 is 0 Å². The summed E-state index contributed by atoms with van der Waals surface area (Å²) in [5.41, 5.74) is 2.54. The van der Waals surface area contributed by atoms with E-state index in [0.29, 0.717) is 12.1 Å². The standard InChI is InChI=1S/C16H27N5/c1-12-8-20-5-3-2-4-14(20)10-21(12)9-13-6-15-16(7-17-13)19-11-18-15/h11-14,17H,2-10H2,1H3,(H,18,19). The van der Waals surface area contributed by atoms with Crippen LogP contribution in [0.1, 0.15) is 37.6 Å². The van der Waals surface area contributed by atoms with Crippen LogP contribution in [-0.2, 0) is 13.0 Å². The molecule has 3 unspecified atom stereocenters. The van der Waals surface area contributed by atoms with Crippen molar-refractivity contribution in [1.29, 1.82) is 0 Å². The lowest BCUT2D eigenvalue weighted by Crippen LogP contribution is -2.61. The number of rotatable bonds is 2. The molecular formula is C16H27N5. The van der Waals surface area contributed by atoms with Gasteiger partial charge in [-0.2, -0.15) is 0 Å². The lowest BCUT2D eigenvalue weighted by molar-refractivity contribution is 0.0103. The van der Waals surface area contributed by atoms with E-state index in [2.05, 4.69) is 32.0 Å². The van der Waals surface area contributed by atoms with E-state index in [4.69, 9.17) is 0 Å². The maximum absolute atomic E-state index is 4.46. The molecule has 5 nitrogen and oxygen atoms in total. The molecule has 0 amide bonds. The van der Waals surface area contributed by atoms with E-state index in [1.54, 1.807) is 0 Å². The molecule has 3 aliphatic rings. The van der Waals surface area contributed by atoms with Crippen LogP contribution in [0.2, 0.25) is 0 Å². The Morgan fingerprint density at radius 1 is 1.33 bits per heavy atom. The van der Waals surface area contributed by atoms with Crippen molar-refractivity contribution in [2.75, 3.05) is 26.2 Å². The number of aromatic amines is 1. The van der Waals surface area contributed by atoms with Crippen LogP contribution in [0, 0.1) is 0 Å². The minimum atomic E-state index is 0.554. The Bertz CT molecular complexity index is 485. The predicted molar refractivity (Wildman–Crippen MR) is 83.2 cm³/mol. The van der Waals surface area contributed by atoms with E-state index < -0.39 is 0 Å². The van der Waals surface area contributed by atoms with Crippen LogP contribution >= 0.6 is 0 Å². The third-order valence-corrected chi connectivity index (χ3v) is 5.59. The quantitative estimate of drug-likeness (QED) is 0.852. The maximum atomic E-state index is 4.46. The van der Waals surface area contributed by atoms with Crippen LogP contribution < -0.4 is 5.32 Å². The number of piperazine rings is 1. The van der Waals surface area contributed by atoms with Gasteiger partial charge in [-0.05, 0) is 26.3 Å². The van der Waals surface area contributed by atoms with Crippen molar-refractivity contribution in [3.63, 3.8) is 0 Å². The molecular weight excluding hydrogens is 262 g/mol. The lowest BCUT2D eigenvalue weighted by atomic mass is 9.96. The summed E-state index contributed by atoms with van der Waals surface area (Å²) in [4.78, 5) is 13.1. The molecule has 5 heteroatoms. The molecule has 2 fully saturated rings. The highest BCUT2D eigenvalue weighted by molar-refractivity contribution is 5.16. The van der Waals surface area contributed by atoms with Crippen LogP contribution in [-0.4, -0.2) is 64.1 Å². The zero-order valence-corrected chi connectivity index (χ0v) is 13.0. The second kappa shape index (κ2) is 5.71. The Hall–Kier alpha value is -0.910. The maximum Gasteiger partial charge on any atom is 0.0925 e. The van der Waals surface area contributed by atoms with Gasteiger partial charge in [0.1, 0.15) is 0 Å². The number of aromatic nitrogens is 2. The number of hydrogen-bond donors (Lipinski definition) is 2. The van der Waals surface area contributed by atoms with Crippen LogP contribution in [0.4, 0.5) is 0 Å². The third kappa shape index (κ3) is 2.74. The first kappa shape index (κ1) is 13.7. The normalized spacial score (nSPS) is 34.4. The van der Waals surface area contributed by atoms with Gasteiger partial charge in [-0.25, -0.2) is 4.98 Å². The van der Waals surface area contributed by atoms with E-state index in [9.17, 15) is 0 Å². The summed E-state index contributed by atoms with van der Waals surface area (Å²) < 4.78 is 0. The van der Waals surface area contributed by atoms with Crippen LogP contribution in [0.15, 0.2) is 6.33 Å². The molecule has 3 atom stereocenters. The second-order valence-corrected chi connectivity index (χ2v) is 7.06. The summed E-state index contributed by atoms with van der Waals surface area (Å²) in [5.74, 6) is 0. The van der Waals surface area contributed by atoms with Gasteiger partial charge in [0.15, 0.2) is 0 Å².